The Morgan fingerprint density at radius 1 is 1.12 bits per heavy atom. The Bertz CT molecular complexity index is 847. The molecule has 2 aliphatic heterocycles. The van der Waals surface area contributed by atoms with Crippen molar-refractivity contribution >= 4 is 17.5 Å². The van der Waals surface area contributed by atoms with Crippen LogP contribution in [0, 0.1) is 5.92 Å². The Hall–Kier alpha value is -3.02. The van der Waals surface area contributed by atoms with E-state index in [0.29, 0.717) is 23.6 Å². The van der Waals surface area contributed by atoms with Crippen molar-refractivity contribution in [3.05, 3.63) is 48.0 Å². The number of benzene rings is 2. The number of imide groups is 1. The van der Waals surface area contributed by atoms with Crippen LogP contribution in [-0.4, -0.2) is 25.7 Å². The van der Waals surface area contributed by atoms with E-state index in [9.17, 15) is 9.59 Å². The van der Waals surface area contributed by atoms with Crippen LogP contribution in [0.3, 0.4) is 0 Å². The summed E-state index contributed by atoms with van der Waals surface area (Å²) >= 11 is 0. The largest absolute Gasteiger partial charge is 0.497 e. The van der Waals surface area contributed by atoms with Crippen LogP contribution >= 0.6 is 0 Å². The summed E-state index contributed by atoms with van der Waals surface area (Å²) in [6.07, 6.45) is 0.702. The van der Waals surface area contributed by atoms with E-state index >= 15 is 0 Å². The number of carbonyl (C=O) groups excluding carboxylic acids is 2. The molecule has 4 rings (SSSR count). The first kappa shape index (κ1) is 15.5. The Balaban J connectivity index is 1.55. The zero-order chi connectivity index (χ0) is 17.4. The van der Waals surface area contributed by atoms with Gasteiger partial charge in [-0.1, -0.05) is 12.1 Å². The van der Waals surface area contributed by atoms with Crippen LogP contribution < -0.4 is 19.1 Å². The monoisotopic (exact) mass is 339 g/mol. The van der Waals surface area contributed by atoms with Crippen molar-refractivity contribution in [2.24, 2.45) is 5.92 Å². The molecular weight excluding hydrogens is 322 g/mol. The Labute approximate surface area is 144 Å². The molecule has 2 aromatic carbocycles. The van der Waals surface area contributed by atoms with E-state index in [0.717, 1.165) is 11.3 Å². The van der Waals surface area contributed by atoms with Crippen molar-refractivity contribution in [1.82, 2.24) is 0 Å². The van der Waals surface area contributed by atoms with Crippen molar-refractivity contribution in [2.45, 2.75) is 12.8 Å². The van der Waals surface area contributed by atoms with Gasteiger partial charge in [-0.2, -0.15) is 0 Å². The maximum atomic E-state index is 12.8. The number of amides is 2. The number of anilines is 1. The summed E-state index contributed by atoms with van der Waals surface area (Å²) in [5.41, 5.74) is 1.49. The summed E-state index contributed by atoms with van der Waals surface area (Å²) in [7, 11) is 1.60. The molecule has 6 nitrogen and oxygen atoms in total. The van der Waals surface area contributed by atoms with Gasteiger partial charge in [0.25, 0.3) is 0 Å². The minimum absolute atomic E-state index is 0.152. The Morgan fingerprint density at radius 2 is 1.96 bits per heavy atom. The maximum absolute atomic E-state index is 12.8. The van der Waals surface area contributed by atoms with Gasteiger partial charge in [0.2, 0.25) is 18.6 Å². The van der Waals surface area contributed by atoms with Crippen LogP contribution in [0.15, 0.2) is 42.5 Å². The molecule has 0 radical (unpaired) electrons. The van der Waals surface area contributed by atoms with Gasteiger partial charge in [-0.25, -0.2) is 0 Å². The molecule has 2 aliphatic rings. The number of fused-ring (bicyclic) bond motifs is 1. The Morgan fingerprint density at radius 3 is 2.80 bits per heavy atom. The maximum Gasteiger partial charge on any atom is 0.237 e. The van der Waals surface area contributed by atoms with Crippen LogP contribution in [0.2, 0.25) is 0 Å². The Kier molecular flexibility index (Phi) is 3.80. The van der Waals surface area contributed by atoms with Crippen molar-refractivity contribution in [1.29, 1.82) is 0 Å². The van der Waals surface area contributed by atoms with Gasteiger partial charge < -0.3 is 14.2 Å². The number of rotatable bonds is 4. The lowest BCUT2D eigenvalue weighted by molar-refractivity contribution is -0.122. The SMILES string of the molecule is COc1cccc(CC2CC(=O)N(c3ccc4c(c3)OCO4)C2=O)c1. The zero-order valence-corrected chi connectivity index (χ0v) is 13.7. The molecular formula is C19H17NO5. The van der Waals surface area contributed by atoms with Gasteiger partial charge in [0.1, 0.15) is 5.75 Å². The molecule has 1 saturated heterocycles. The van der Waals surface area contributed by atoms with Gasteiger partial charge in [-0.15, -0.1) is 0 Å². The summed E-state index contributed by atoms with van der Waals surface area (Å²) in [6, 6.07) is 12.6. The van der Waals surface area contributed by atoms with E-state index in [2.05, 4.69) is 0 Å². The number of methoxy groups -OCH3 is 1. The highest BCUT2D eigenvalue weighted by Crippen LogP contribution is 2.38. The van der Waals surface area contributed by atoms with Crippen molar-refractivity contribution < 1.29 is 23.8 Å². The van der Waals surface area contributed by atoms with Crippen molar-refractivity contribution in [2.75, 3.05) is 18.8 Å². The average Bonchev–Trinajstić information content (AvgIpc) is 3.19. The molecule has 0 saturated carbocycles. The molecule has 2 amide bonds. The van der Waals surface area contributed by atoms with E-state index in [1.165, 1.54) is 4.90 Å². The molecule has 25 heavy (non-hydrogen) atoms. The number of ether oxygens (including phenoxy) is 3. The molecule has 1 fully saturated rings. The summed E-state index contributed by atoms with van der Waals surface area (Å²) in [6.45, 7) is 0.152. The molecule has 0 N–H and O–H groups in total. The van der Waals surface area contributed by atoms with Gasteiger partial charge >= 0.3 is 0 Å². The van der Waals surface area contributed by atoms with Crippen LogP contribution in [0.25, 0.3) is 0 Å². The molecule has 2 aromatic rings. The molecule has 0 bridgehead atoms. The quantitative estimate of drug-likeness (QED) is 0.801. The van der Waals surface area contributed by atoms with Gasteiger partial charge in [0.05, 0.1) is 18.7 Å². The highest BCUT2D eigenvalue weighted by molar-refractivity contribution is 6.21. The van der Waals surface area contributed by atoms with E-state index in [4.69, 9.17) is 14.2 Å². The van der Waals surface area contributed by atoms with Crippen LogP contribution in [0.4, 0.5) is 5.69 Å². The molecule has 2 heterocycles. The third-order valence-electron chi connectivity index (χ3n) is 4.47. The molecule has 1 atom stereocenters. The van der Waals surface area contributed by atoms with Gasteiger partial charge in [0.15, 0.2) is 11.5 Å². The second-order valence-corrected chi connectivity index (χ2v) is 6.06. The van der Waals surface area contributed by atoms with Gasteiger partial charge in [0, 0.05) is 12.5 Å². The minimum Gasteiger partial charge on any atom is -0.497 e. The highest BCUT2D eigenvalue weighted by atomic mass is 16.7. The van der Waals surface area contributed by atoms with E-state index in [1.807, 2.05) is 24.3 Å². The number of hydrogen-bond donors (Lipinski definition) is 0. The highest BCUT2D eigenvalue weighted by Gasteiger charge is 2.39. The third-order valence-corrected chi connectivity index (χ3v) is 4.47. The number of hydrogen-bond acceptors (Lipinski definition) is 5. The van der Waals surface area contributed by atoms with E-state index in [1.54, 1.807) is 25.3 Å². The lowest BCUT2D eigenvalue weighted by Crippen LogP contribution is -2.30. The predicted molar refractivity (Wildman–Crippen MR) is 89.9 cm³/mol. The fraction of sp³-hybridized carbons (Fsp3) is 0.263. The lowest BCUT2D eigenvalue weighted by Gasteiger charge is -2.15. The first-order valence-corrected chi connectivity index (χ1v) is 8.05. The van der Waals surface area contributed by atoms with Crippen molar-refractivity contribution in [3.63, 3.8) is 0 Å². The minimum atomic E-state index is -0.370. The van der Waals surface area contributed by atoms with Crippen molar-refractivity contribution in [3.8, 4) is 17.2 Å². The smallest absolute Gasteiger partial charge is 0.237 e. The molecule has 0 aromatic heterocycles. The van der Waals surface area contributed by atoms with Gasteiger partial charge in [-0.05, 0) is 36.2 Å². The molecule has 128 valence electrons. The summed E-state index contributed by atoms with van der Waals surface area (Å²) in [4.78, 5) is 26.4. The summed E-state index contributed by atoms with van der Waals surface area (Å²) < 4.78 is 15.8. The van der Waals surface area contributed by atoms with Gasteiger partial charge in [-0.3, -0.25) is 14.5 Å². The summed E-state index contributed by atoms with van der Waals surface area (Å²) in [5.74, 6) is 1.15. The molecule has 6 heteroatoms. The first-order chi connectivity index (χ1) is 12.2. The summed E-state index contributed by atoms with van der Waals surface area (Å²) in [5, 5.41) is 0. The first-order valence-electron chi connectivity index (χ1n) is 8.05. The second kappa shape index (κ2) is 6.12. The standard InChI is InChI=1S/C19H17NO5/c1-23-15-4-2-3-12(8-15)7-13-9-18(21)20(19(13)22)14-5-6-16-17(10-14)25-11-24-16/h2-6,8,10,13H,7,9,11H2,1H3. The number of carbonyl (C=O) groups is 2. The third kappa shape index (κ3) is 2.80. The van der Waals surface area contributed by atoms with Crippen LogP contribution in [0.5, 0.6) is 17.2 Å². The van der Waals surface area contributed by atoms with Crippen LogP contribution in [-0.2, 0) is 16.0 Å². The number of nitrogens with zero attached hydrogens (tertiary/aromatic N) is 1. The normalized spacial score (nSPS) is 18.8. The molecule has 1 unspecified atom stereocenters. The molecule has 0 spiro atoms. The second-order valence-electron chi connectivity index (χ2n) is 6.06. The lowest BCUT2D eigenvalue weighted by atomic mass is 9.98. The average molecular weight is 339 g/mol. The predicted octanol–water partition coefficient (Wildman–Crippen LogP) is 2.55. The fourth-order valence-electron chi connectivity index (χ4n) is 3.23. The fourth-order valence-corrected chi connectivity index (χ4v) is 3.23. The van der Waals surface area contributed by atoms with E-state index < -0.39 is 0 Å². The topological polar surface area (TPSA) is 65.1 Å². The molecule has 0 aliphatic carbocycles. The van der Waals surface area contributed by atoms with Crippen LogP contribution in [0.1, 0.15) is 12.0 Å². The zero-order valence-electron chi connectivity index (χ0n) is 13.7. The van der Waals surface area contributed by atoms with E-state index in [-0.39, 0.29) is 30.9 Å².